The highest BCUT2D eigenvalue weighted by Crippen LogP contribution is 2.32. The van der Waals surface area contributed by atoms with Gasteiger partial charge in [0.05, 0.1) is 5.38 Å². The Balaban J connectivity index is 2.35. The first-order valence-electron chi connectivity index (χ1n) is 5.35. The normalized spacial score (nSPS) is 12.8. The van der Waals surface area contributed by atoms with Crippen LogP contribution in [0.1, 0.15) is 33.6 Å². The maximum atomic E-state index is 6.44. The highest BCUT2D eigenvalue weighted by Gasteiger charge is 2.16. The molecule has 1 atom stereocenters. The second-order valence-electron chi connectivity index (χ2n) is 4.14. The van der Waals surface area contributed by atoms with Crippen molar-refractivity contribution in [1.82, 2.24) is 0 Å². The third-order valence-electron chi connectivity index (χ3n) is 2.72. The Morgan fingerprint density at radius 1 is 1.06 bits per heavy atom. The van der Waals surface area contributed by atoms with Crippen LogP contribution in [-0.4, -0.2) is 0 Å². The molecule has 2 rings (SSSR count). The van der Waals surface area contributed by atoms with Crippen molar-refractivity contribution in [2.75, 3.05) is 0 Å². The molecule has 0 amide bonds. The van der Waals surface area contributed by atoms with Gasteiger partial charge in [0, 0.05) is 5.56 Å². The van der Waals surface area contributed by atoms with E-state index in [1.807, 2.05) is 19.9 Å². The van der Waals surface area contributed by atoms with Crippen LogP contribution >= 0.6 is 11.6 Å². The zero-order chi connectivity index (χ0) is 11.7. The van der Waals surface area contributed by atoms with Gasteiger partial charge in [-0.1, -0.05) is 29.8 Å². The molecule has 1 heterocycles. The van der Waals surface area contributed by atoms with Gasteiger partial charge < -0.3 is 4.42 Å². The summed E-state index contributed by atoms with van der Waals surface area (Å²) in [4.78, 5) is 0. The van der Waals surface area contributed by atoms with Crippen LogP contribution in [0, 0.1) is 20.8 Å². The van der Waals surface area contributed by atoms with Crippen LogP contribution in [0.4, 0.5) is 0 Å². The summed E-state index contributed by atoms with van der Waals surface area (Å²) in [5.41, 5.74) is 3.41. The molecule has 0 fully saturated rings. The van der Waals surface area contributed by atoms with Gasteiger partial charge in [0.15, 0.2) is 0 Å². The van der Waals surface area contributed by atoms with Gasteiger partial charge in [0.2, 0.25) is 0 Å². The summed E-state index contributed by atoms with van der Waals surface area (Å²) in [7, 11) is 0. The molecule has 1 unspecified atom stereocenters. The van der Waals surface area contributed by atoms with E-state index >= 15 is 0 Å². The number of furan rings is 1. The van der Waals surface area contributed by atoms with E-state index < -0.39 is 0 Å². The molecule has 84 valence electrons. The van der Waals surface area contributed by atoms with Crippen LogP contribution in [0.3, 0.4) is 0 Å². The van der Waals surface area contributed by atoms with E-state index in [0.717, 1.165) is 22.6 Å². The fourth-order valence-corrected chi connectivity index (χ4v) is 2.18. The van der Waals surface area contributed by atoms with Gasteiger partial charge in [0.1, 0.15) is 11.5 Å². The van der Waals surface area contributed by atoms with Crippen molar-refractivity contribution in [3.63, 3.8) is 0 Å². The molecule has 0 spiro atoms. The Labute approximate surface area is 101 Å². The lowest BCUT2D eigenvalue weighted by Crippen LogP contribution is -1.93. The van der Waals surface area contributed by atoms with E-state index in [9.17, 15) is 0 Å². The van der Waals surface area contributed by atoms with Crippen molar-refractivity contribution < 1.29 is 4.42 Å². The highest BCUT2D eigenvalue weighted by molar-refractivity contribution is 6.22. The van der Waals surface area contributed by atoms with Gasteiger partial charge in [-0.05, 0) is 32.4 Å². The smallest absolute Gasteiger partial charge is 0.106 e. The Morgan fingerprint density at radius 2 is 1.69 bits per heavy atom. The van der Waals surface area contributed by atoms with Crippen molar-refractivity contribution >= 4 is 11.6 Å². The second-order valence-corrected chi connectivity index (χ2v) is 4.58. The molecule has 0 aliphatic rings. The monoisotopic (exact) mass is 234 g/mol. The summed E-state index contributed by atoms with van der Waals surface area (Å²) in [5.74, 6) is 1.81. The standard InChI is InChI=1S/C14H15ClO/c1-9-4-6-12(7-5-9)14(15)13-8-10(2)16-11(13)3/h4-8,14H,1-3H3. The average molecular weight is 235 g/mol. The molecule has 0 radical (unpaired) electrons. The lowest BCUT2D eigenvalue weighted by atomic mass is 10.0. The molecular formula is C14H15ClO. The Hall–Kier alpha value is -1.21. The first kappa shape index (κ1) is 11.3. The average Bonchev–Trinajstić information content (AvgIpc) is 2.58. The number of aryl methyl sites for hydroxylation is 3. The summed E-state index contributed by atoms with van der Waals surface area (Å²) < 4.78 is 5.50. The first-order chi connectivity index (χ1) is 7.58. The van der Waals surface area contributed by atoms with Crippen LogP contribution in [0.5, 0.6) is 0 Å². The predicted molar refractivity (Wildman–Crippen MR) is 67.1 cm³/mol. The van der Waals surface area contributed by atoms with Gasteiger partial charge in [-0.15, -0.1) is 11.6 Å². The summed E-state index contributed by atoms with van der Waals surface area (Å²) in [6.07, 6.45) is 0. The second kappa shape index (κ2) is 4.34. The van der Waals surface area contributed by atoms with E-state index in [-0.39, 0.29) is 5.38 Å². The van der Waals surface area contributed by atoms with Crippen LogP contribution in [0.25, 0.3) is 0 Å². The quantitative estimate of drug-likeness (QED) is 0.696. The first-order valence-corrected chi connectivity index (χ1v) is 5.79. The zero-order valence-electron chi connectivity index (χ0n) is 9.75. The van der Waals surface area contributed by atoms with E-state index in [1.54, 1.807) is 0 Å². The van der Waals surface area contributed by atoms with E-state index in [1.165, 1.54) is 5.56 Å². The summed E-state index contributed by atoms with van der Waals surface area (Å²) in [5, 5.41) is -0.127. The minimum absolute atomic E-state index is 0.127. The predicted octanol–water partition coefficient (Wildman–Crippen LogP) is 4.53. The Bertz CT molecular complexity index is 482. The van der Waals surface area contributed by atoms with Crippen molar-refractivity contribution in [3.05, 3.63) is 58.5 Å². The molecule has 0 bridgehead atoms. The molecule has 1 nitrogen and oxygen atoms in total. The summed E-state index contributed by atoms with van der Waals surface area (Å²) in [6, 6.07) is 10.3. The third kappa shape index (κ3) is 2.14. The van der Waals surface area contributed by atoms with Crippen LogP contribution < -0.4 is 0 Å². The van der Waals surface area contributed by atoms with Crippen molar-refractivity contribution in [2.45, 2.75) is 26.1 Å². The molecule has 2 aromatic rings. The number of benzene rings is 1. The lowest BCUT2D eigenvalue weighted by Gasteiger charge is -2.08. The van der Waals surface area contributed by atoms with E-state index in [4.69, 9.17) is 16.0 Å². The maximum absolute atomic E-state index is 6.44. The molecule has 2 heteroatoms. The number of rotatable bonds is 2. The largest absolute Gasteiger partial charge is 0.466 e. The third-order valence-corrected chi connectivity index (χ3v) is 3.21. The van der Waals surface area contributed by atoms with E-state index in [0.29, 0.717) is 0 Å². The SMILES string of the molecule is Cc1ccc(C(Cl)c2cc(C)oc2C)cc1. The van der Waals surface area contributed by atoms with Gasteiger partial charge in [-0.25, -0.2) is 0 Å². The molecule has 0 N–H and O–H groups in total. The number of hydrogen-bond donors (Lipinski definition) is 0. The highest BCUT2D eigenvalue weighted by atomic mass is 35.5. The van der Waals surface area contributed by atoms with Gasteiger partial charge in [0.25, 0.3) is 0 Å². The fraction of sp³-hybridized carbons (Fsp3) is 0.286. The summed E-state index contributed by atoms with van der Waals surface area (Å²) >= 11 is 6.44. The van der Waals surface area contributed by atoms with Gasteiger partial charge >= 0.3 is 0 Å². The molecule has 1 aromatic carbocycles. The fourth-order valence-electron chi connectivity index (χ4n) is 1.82. The topological polar surface area (TPSA) is 13.1 Å². The minimum Gasteiger partial charge on any atom is -0.466 e. The molecule has 0 aliphatic heterocycles. The molecular weight excluding hydrogens is 220 g/mol. The molecule has 16 heavy (non-hydrogen) atoms. The molecule has 0 saturated heterocycles. The maximum Gasteiger partial charge on any atom is 0.106 e. The van der Waals surface area contributed by atoms with E-state index in [2.05, 4.69) is 31.2 Å². The number of hydrogen-bond acceptors (Lipinski definition) is 1. The Morgan fingerprint density at radius 3 is 2.19 bits per heavy atom. The lowest BCUT2D eigenvalue weighted by molar-refractivity contribution is 0.501. The van der Waals surface area contributed by atoms with Crippen LogP contribution in [0.2, 0.25) is 0 Å². The number of halogens is 1. The van der Waals surface area contributed by atoms with Crippen LogP contribution in [0.15, 0.2) is 34.7 Å². The molecule has 0 saturated carbocycles. The van der Waals surface area contributed by atoms with Crippen LogP contribution in [-0.2, 0) is 0 Å². The zero-order valence-corrected chi connectivity index (χ0v) is 10.5. The van der Waals surface area contributed by atoms with Gasteiger partial charge in [-0.2, -0.15) is 0 Å². The molecule has 1 aromatic heterocycles. The molecule has 0 aliphatic carbocycles. The van der Waals surface area contributed by atoms with Gasteiger partial charge in [-0.3, -0.25) is 0 Å². The summed E-state index contributed by atoms with van der Waals surface area (Å²) in [6.45, 7) is 5.96. The van der Waals surface area contributed by atoms with Crippen molar-refractivity contribution in [3.8, 4) is 0 Å². The minimum atomic E-state index is -0.127. The number of alkyl halides is 1. The van der Waals surface area contributed by atoms with Crippen molar-refractivity contribution in [1.29, 1.82) is 0 Å². The Kier molecular flexibility index (Phi) is 3.06. The van der Waals surface area contributed by atoms with Crippen molar-refractivity contribution in [2.24, 2.45) is 0 Å².